The number of H-pyrrole nitrogens is 1. The van der Waals surface area contributed by atoms with E-state index < -0.39 is 0 Å². The molecule has 1 aliphatic rings. The lowest BCUT2D eigenvalue weighted by Crippen LogP contribution is -2.36. The van der Waals surface area contributed by atoms with Crippen molar-refractivity contribution in [1.82, 2.24) is 20.2 Å². The fraction of sp³-hybridized carbons (Fsp3) is 0.400. The highest BCUT2D eigenvalue weighted by Crippen LogP contribution is 2.39. The van der Waals surface area contributed by atoms with Crippen LogP contribution in [0.4, 0.5) is 17.5 Å². The van der Waals surface area contributed by atoms with Crippen molar-refractivity contribution < 1.29 is 14.3 Å². The second-order valence-electron chi connectivity index (χ2n) is 9.00. The van der Waals surface area contributed by atoms with Crippen molar-refractivity contribution in [3.63, 3.8) is 0 Å². The Balaban J connectivity index is 1.63. The normalized spacial score (nSPS) is 14.0. The van der Waals surface area contributed by atoms with Crippen LogP contribution in [0.5, 0.6) is 5.75 Å². The minimum Gasteiger partial charge on any atom is -0.490 e. The van der Waals surface area contributed by atoms with Gasteiger partial charge in [-0.25, -0.2) is 9.97 Å². The van der Waals surface area contributed by atoms with Crippen LogP contribution in [-0.4, -0.2) is 52.1 Å². The monoisotopic (exact) mass is 509 g/mol. The average Bonchev–Trinajstić information content (AvgIpc) is 3.24. The highest BCUT2D eigenvalue weighted by Gasteiger charge is 2.27. The number of hydrogen-bond donors (Lipinski definition) is 3. The molecule has 0 unspecified atom stereocenters. The molecule has 1 amide bonds. The Morgan fingerprint density at radius 1 is 1.22 bits per heavy atom. The van der Waals surface area contributed by atoms with Crippen LogP contribution in [0.15, 0.2) is 40.4 Å². The number of aryl methyl sites for hydroxylation is 1. The van der Waals surface area contributed by atoms with Gasteiger partial charge >= 0.3 is 0 Å². The Labute approximate surface area is 214 Å². The summed E-state index contributed by atoms with van der Waals surface area (Å²) in [6.45, 7) is 4.97. The summed E-state index contributed by atoms with van der Waals surface area (Å²) in [4.78, 5) is 35.5. The van der Waals surface area contributed by atoms with Crippen LogP contribution < -0.4 is 20.7 Å². The number of amides is 1. The molecule has 0 spiro atoms. The predicted molar refractivity (Wildman–Crippen MR) is 139 cm³/mol. The summed E-state index contributed by atoms with van der Waals surface area (Å²) < 4.78 is 5.78. The SMILES string of the molecule is COc1c(Nc2cc(C)[nH]n2)nc(Sc2ccc(CC(C)=O)cc2)nc1N1CCC(CC(N)=O)CC1. The molecule has 0 radical (unpaired) electrons. The topological polar surface area (TPSA) is 139 Å². The molecule has 36 heavy (non-hydrogen) atoms. The maximum atomic E-state index is 11.4. The molecule has 190 valence electrons. The molecule has 10 nitrogen and oxygen atoms in total. The Hall–Kier alpha value is -3.60. The summed E-state index contributed by atoms with van der Waals surface area (Å²) in [5.41, 5.74) is 7.30. The number of ketones is 1. The summed E-state index contributed by atoms with van der Waals surface area (Å²) in [5, 5.41) is 11.0. The van der Waals surface area contributed by atoms with E-state index in [1.54, 1.807) is 14.0 Å². The zero-order chi connectivity index (χ0) is 25.7. The third-order valence-electron chi connectivity index (χ3n) is 5.97. The fourth-order valence-electron chi connectivity index (χ4n) is 4.26. The quantitative estimate of drug-likeness (QED) is 0.350. The van der Waals surface area contributed by atoms with Crippen LogP contribution >= 0.6 is 11.8 Å². The maximum Gasteiger partial charge on any atom is 0.217 e. The van der Waals surface area contributed by atoms with Gasteiger partial charge in [0.15, 0.2) is 22.6 Å². The zero-order valence-corrected chi connectivity index (χ0v) is 21.5. The number of benzene rings is 1. The number of methoxy groups -OCH3 is 1. The molecule has 0 saturated carbocycles. The van der Waals surface area contributed by atoms with Gasteiger partial charge in [0.25, 0.3) is 0 Å². The number of carbonyl (C=O) groups excluding carboxylic acids is 2. The number of ether oxygens (including phenoxy) is 1. The highest BCUT2D eigenvalue weighted by atomic mass is 32.2. The van der Waals surface area contributed by atoms with Crippen LogP contribution in [0.1, 0.15) is 37.4 Å². The van der Waals surface area contributed by atoms with E-state index in [9.17, 15) is 9.59 Å². The van der Waals surface area contributed by atoms with E-state index in [0.717, 1.165) is 42.1 Å². The molecule has 2 aromatic heterocycles. The van der Waals surface area contributed by atoms with Gasteiger partial charge in [-0.2, -0.15) is 5.10 Å². The summed E-state index contributed by atoms with van der Waals surface area (Å²) >= 11 is 1.43. The first-order chi connectivity index (χ1) is 17.3. The lowest BCUT2D eigenvalue weighted by molar-refractivity contribution is -0.119. The number of hydrogen-bond acceptors (Lipinski definition) is 9. The minimum absolute atomic E-state index is 0.127. The lowest BCUT2D eigenvalue weighted by atomic mass is 9.93. The van der Waals surface area contributed by atoms with Gasteiger partial charge in [-0.15, -0.1) is 0 Å². The zero-order valence-electron chi connectivity index (χ0n) is 20.7. The molecule has 4 rings (SSSR count). The molecule has 0 bridgehead atoms. The van der Waals surface area contributed by atoms with Crippen LogP contribution in [0.2, 0.25) is 0 Å². The number of anilines is 3. The molecular formula is C25H31N7O3S. The highest BCUT2D eigenvalue weighted by molar-refractivity contribution is 7.99. The number of carbonyl (C=O) groups is 2. The van der Waals surface area contributed by atoms with Crippen molar-refractivity contribution in [2.75, 3.05) is 30.4 Å². The van der Waals surface area contributed by atoms with E-state index in [2.05, 4.69) is 20.4 Å². The first kappa shape index (κ1) is 25.5. The van der Waals surface area contributed by atoms with Crippen molar-refractivity contribution >= 4 is 40.9 Å². The molecular weight excluding hydrogens is 478 g/mol. The Kier molecular flexibility index (Phi) is 8.09. The maximum absolute atomic E-state index is 11.4. The molecule has 4 N–H and O–H groups in total. The predicted octanol–water partition coefficient (Wildman–Crippen LogP) is 3.63. The third kappa shape index (κ3) is 6.54. The molecule has 0 atom stereocenters. The lowest BCUT2D eigenvalue weighted by Gasteiger charge is -2.33. The largest absolute Gasteiger partial charge is 0.490 e. The summed E-state index contributed by atoms with van der Waals surface area (Å²) in [7, 11) is 1.60. The third-order valence-corrected chi connectivity index (χ3v) is 6.85. The minimum atomic E-state index is -0.262. The number of nitrogens with zero attached hydrogens (tertiary/aromatic N) is 4. The molecule has 11 heteroatoms. The van der Waals surface area contributed by atoms with Gasteiger partial charge in [0.1, 0.15) is 5.78 Å². The second kappa shape index (κ2) is 11.4. The smallest absolute Gasteiger partial charge is 0.217 e. The van der Waals surface area contributed by atoms with Crippen LogP contribution in [-0.2, 0) is 16.0 Å². The number of primary amides is 1. The van der Waals surface area contributed by atoms with E-state index in [-0.39, 0.29) is 17.6 Å². The standard InChI is InChI=1S/C25H31N7O3S/c1-15-12-21(31-30-15)27-23-22(35-3)24(32-10-8-18(9-11-32)14-20(26)34)29-25(28-23)36-19-6-4-17(5-7-19)13-16(2)33/h4-7,12,18H,8-11,13-14H2,1-3H3,(H2,26,34)(H2,27,28,29,30,31). The average molecular weight is 510 g/mol. The Morgan fingerprint density at radius 2 is 1.94 bits per heavy atom. The van der Waals surface area contributed by atoms with Gasteiger partial charge in [0, 0.05) is 42.6 Å². The summed E-state index contributed by atoms with van der Waals surface area (Å²) in [5.74, 6) is 2.51. The van der Waals surface area contributed by atoms with Gasteiger partial charge in [-0.1, -0.05) is 12.1 Å². The molecule has 0 aliphatic carbocycles. The van der Waals surface area contributed by atoms with Crippen molar-refractivity contribution in [2.45, 2.75) is 49.6 Å². The summed E-state index contributed by atoms with van der Waals surface area (Å²) in [6, 6.07) is 9.72. The van der Waals surface area contributed by atoms with E-state index >= 15 is 0 Å². The van der Waals surface area contributed by atoms with E-state index in [1.807, 2.05) is 37.3 Å². The number of nitrogens with two attached hydrogens (primary N) is 1. The van der Waals surface area contributed by atoms with E-state index in [4.69, 9.17) is 20.4 Å². The van der Waals surface area contributed by atoms with Gasteiger partial charge in [0.2, 0.25) is 11.7 Å². The summed E-state index contributed by atoms with van der Waals surface area (Å²) in [6.07, 6.45) is 2.51. The van der Waals surface area contributed by atoms with Crippen molar-refractivity contribution in [3.05, 3.63) is 41.6 Å². The van der Waals surface area contributed by atoms with E-state index in [1.165, 1.54) is 11.8 Å². The van der Waals surface area contributed by atoms with Gasteiger partial charge in [-0.3, -0.25) is 14.7 Å². The van der Waals surface area contributed by atoms with Crippen LogP contribution in [0.3, 0.4) is 0 Å². The van der Waals surface area contributed by atoms with Crippen molar-refractivity contribution in [3.8, 4) is 5.75 Å². The molecule has 3 aromatic rings. The van der Waals surface area contributed by atoms with Crippen LogP contribution in [0.25, 0.3) is 0 Å². The van der Waals surface area contributed by atoms with Gasteiger partial charge < -0.3 is 20.7 Å². The first-order valence-electron chi connectivity index (χ1n) is 11.8. The van der Waals surface area contributed by atoms with Gasteiger partial charge in [0.05, 0.1) is 7.11 Å². The van der Waals surface area contributed by atoms with Crippen LogP contribution in [0, 0.1) is 12.8 Å². The van der Waals surface area contributed by atoms with Crippen molar-refractivity contribution in [2.24, 2.45) is 11.7 Å². The second-order valence-corrected chi connectivity index (χ2v) is 10.0. The first-order valence-corrected chi connectivity index (χ1v) is 12.7. The number of aromatic amines is 1. The number of Topliss-reactive ketones (excluding diaryl/α,β-unsaturated/α-hetero) is 1. The molecule has 1 fully saturated rings. The van der Waals surface area contributed by atoms with E-state index in [0.29, 0.717) is 41.2 Å². The van der Waals surface area contributed by atoms with Crippen molar-refractivity contribution in [1.29, 1.82) is 0 Å². The molecule has 1 saturated heterocycles. The Bertz CT molecular complexity index is 1220. The molecule has 1 aromatic carbocycles. The number of piperidine rings is 1. The van der Waals surface area contributed by atoms with Gasteiger partial charge in [-0.05, 0) is 62.1 Å². The molecule has 1 aliphatic heterocycles. The Morgan fingerprint density at radius 3 is 2.53 bits per heavy atom. The number of aromatic nitrogens is 4. The molecule has 3 heterocycles. The number of nitrogens with one attached hydrogen (secondary N) is 2. The number of rotatable bonds is 10. The fourth-order valence-corrected chi connectivity index (χ4v) is 5.01.